The van der Waals surface area contributed by atoms with Crippen LogP contribution < -0.4 is 0 Å². The summed E-state index contributed by atoms with van der Waals surface area (Å²) in [5, 5.41) is 0. The zero-order valence-corrected chi connectivity index (χ0v) is 7.02. The summed E-state index contributed by atoms with van der Waals surface area (Å²) < 4.78 is 14.6. The van der Waals surface area contributed by atoms with Crippen molar-refractivity contribution in [2.24, 2.45) is 0 Å². The second-order valence-corrected chi connectivity index (χ2v) is 4.45. The monoisotopic (exact) mass is 172 g/mol. The predicted molar refractivity (Wildman–Crippen MR) is 36.5 cm³/mol. The van der Waals surface area contributed by atoms with E-state index in [1.807, 2.05) is 0 Å². The average Bonchev–Trinajstić information content (AvgIpc) is 1.86. The molecule has 5 heteroatoms. The third-order valence-corrected chi connectivity index (χ3v) is 3.52. The van der Waals surface area contributed by atoms with Gasteiger partial charge in [0.25, 0.3) is 0 Å². The van der Waals surface area contributed by atoms with Crippen molar-refractivity contribution >= 4 is 19.5 Å². The molecule has 2 unspecified atom stereocenters. The van der Waals surface area contributed by atoms with Crippen molar-refractivity contribution in [3.63, 3.8) is 0 Å². The van der Waals surface area contributed by atoms with Crippen molar-refractivity contribution in [1.82, 2.24) is 0 Å². The van der Waals surface area contributed by atoms with Crippen LogP contribution in [-0.4, -0.2) is 10.6 Å². The molecular formula is C4H10ClO3P. The van der Waals surface area contributed by atoms with Crippen LogP contribution in [0.2, 0.25) is 0 Å². The van der Waals surface area contributed by atoms with Gasteiger partial charge in [-0.3, -0.25) is 4.57 Å². The van der Waals surface area contributed by atoms with E-state index in [-0.39, 0.29) is 5.66 Å². The lowest BCUT2D eigenvalue weighted by molar-refractivity contribution is 0.379. The average molecular weight is 173 g/mol. The first-order valence-electron chi connectivity index (χ1n) is 2.67. The molecule has 0 aromatic carbocycles. The number of hydrogen-bond donors (Lipinski definition) is 1. The van der Waals surface area contributed by atoms with Crippen LogP contribution in [0.3, 0.4) is 0 Å². The first-order valence-corrected chi connectivity index (χ1v) is 4.63. The molecular weight excluding hydrogens is 162 g/mol. The Kier molecular flexibility index (Phi) is 3.74. The maximum Gasteiger partial charge on any atom is 0.347 e. The number of hydrogen-bond acceptors (Lipinski definition) is 2. The largest absolute Gasteiger partial charge is 0.347 e. The smallest absolute Gasteiger partial charge is 0.323 e. The predicted octanol–water partition coefficient (Wildman–Crippen LogP) is 2.14. The molecule has 0 aliphatic rings. The summed E-state index contributed by atoms with van der Waals surface area (Å²) >= 11 is 4.75. The summed E-state index contributed by atoms with van der Waals surface area (Å²) in [6.07, 6.45) is 0.584. The highest BCUT2D eigenvalue weighted by Gasteiger charge is 2.26. The summed E-state index contributed by atoms with van der Waals surface area (Å²) in [4.78, 5) is 8.79. The molecule has 0 aromatic heterocycles. The van der Waals surface area contributed by atoms with Gasteiger partial charge in [-0.1, -0.05) is 13.8 Å². The normalized spacial score (nSPS) is 20.9. The van der Waals surface area contributed by atoms with Crippen LogP contribution in [0, 0.1) is 0 Å². The van der Waals surface area contributed by atoms with Crippen LogP contribution in [-0.2, 0) is 8.64 Å². The fraction of sp³-hybridized carbons (Fsp3) is 1.00. The molecule has 0 heterocycles. The van der Waals surface area contributed by atoms with Gasteiger partial charge >= 0.3 is 7.60 Å². The van der Waals surface area contributed by atoms with Crippen molar-refractivity contribution in [2.45, 2.75) is 25.9 Å². The van der Waals surface area contributed by atoms with Crippen molar-refractivity contribution in [3.05, 3.63) is 0 Å². The van der Waals surface area contributed by atoms with Crippen LogP contribution in [0.5, 0.6) is 0 Å². The molecule has 0 aliphatic heterocycles. The van der Waals surface area contributed by atoms with Gasteiger partial charge in [0.2, 0.25) is 0 Å². The summed E-state index contributed by atoms with van der Waals surface area (Å²) in [6, 6.07) is 0. The minimum atomic E-state index is -3.50. The third kappa shape index (κ3) is 2.67. The standard InChI is InChI=1S/C4H10ClO3P/c1-3-4(2)9(6,7)8-5/h4H,3H2,1-2H3,(H,6,7). The molecule has 0 aromatic rings. The summed E-state index contributed by atoms with van der Waals surface area (Å²) in [6.45, 7) is 3.41. The van der Waals surface area contributed by atoms with E-state index in [4.69, 9.17) is 16.8 Å². The van der Waals surface area contributed by atoms with E-state index in [2.05, 4.69) is 4.08 Å². The maximum atomic E-state index is 10.7. The minimum Gasteiger partial charge on any atom is -0.323 e. The third-order valence-electron chi connectivity index (χ3n) is 1.25. The summed E-state index contributed by atoms with van der Waals surface area (Å²) in [5.74, 6) is 0. The highest BCUT2D eigenvalue weighted by Crippen LogP contribution is 2.49. The molecule has 0 saturated carbocycles. The van der Waals surface area contributed by atoms with Gasteiger partial charge < -0.3 is 4.89 Å². The topological polar surface area (TPSA) is 46.5 Å². The van der Waals surface area contributed by atoms with Crippen molar-refractivity contribution in [3.8, 4) is 0 Å². The molecule has 0 spiro atoms. The fourth-order valence-corrected chi connectivity index (χ4v) is 1.30. The van der Waals surface area contributed by atoms with Crippen molar-refractivity contribution in [2.75, 3.05) is 0 Å². The zero-order valence-electron chi connectivity index (χ0n) is 5.37. The first kappa shape index (κ1) is 9.44. The highest BCUT2D eigenvalue weighted by atomic mass is 35.5. The van der Waals surface area contributed by atoms with Crippen molar-refractivity contribution < 1.29 is 13.5 Å². The van der Waals surface area contributed by atoms with Gasteiger partial charge in [-0.15, -0.1) is 0 Å². The van der Waals surface area contributed by atoms with Gasteiger partial charge in [0.05, 0.1) is 17.5 Å². The second kappa shape index (κ2) is 3.57. The van der Waals surface area contributed by atoms with E-state index < -0.39 is 7.60 Å². The summed E-state index contributed by atoms with van der Waals surface area (Å²) in [5.41, 5.74) is -0.380. The Morgan fingerprint density at radius 1 is 1.89 bits per heavy atom. The van der Waals surface area contributed by atoms with Crippen LogP contribution in [0.15, 0.2) is 0 Å². The molecule has 0 rings (SSSR count). The zero-order chi connectivity index (χ0) is 7.49. The molecule has 0 amide bonds. The second-order valence-electron chi connectivity index (χ2n) is 1.89. The maximum absolute atomic E-state index is 10.7. The van der Waals surface area contributed by atoms with E-state index in [1.165, 1.54) is 0 Å². The van der Waals surface area contributed by atoms with Gasteiger partial charge in [0, 0.05) is 0 Å². The van der Waals surface area contributed by atoms with E-state index in [0.717, 1.165) is 0 Å². The summed E-state index contributed by atoms with van der Waals surface area (Å²) in [7, 11) is -3.50. The molecule has 2 atom stereocenters. The quantitative estimate of drug-likeness (QED) is 0.664. The van der Waals surface area contributed by atoms with Crippen LogP contribution in [0.1, 0.15) is 20.3 Å². The molecule has 0 radical (unpaired) electrons. The number of halogens is 1. The van der Waals surface area contributed by atoms with Gasteiger partial charge in [-0.05, 0) is 6.42 Å². The van der Waals surface area contributed by atoms with E-state index in [0.29, 0.717) is 6.42 Å². The molecule has 0 aliphatic carbocycles. The lowest BCUT2D eigenvalue weighted by Crippen LogP contribution is -2.00. The molecule has 0 bridgehead atoms. The number of rotatable bonds is 3. The Bertz CT molecular complexity index is 127. The minimum absolute atomic E-state index is 0.380. The van der Waals surface area contributed by atoms with Crippen LogP contribution in [0.4, 0.5) is 0 Å². The van der Waals surface area contributed by atoms with Gasteiger partial charge in [-0.2, -0.15) is 4.08 Å². The van der Waals surface area contributed by atoms with Gasteiger partial charge in [0.1, 0.15) is 0 Å². The van der Waals surface area contributed by atoms with Crippen LogP contribution >= 0.6 is 19.5 Å². The van der Waals surface area contributed by atoms with E-state index >= 15 is 0 Å². The van der Waals surface area contributed by atoms with Crippen molar-refractivity contribution in [1.29, 1.82) is 0 Å². The van der Waals surface area contributed by atoms with E-state index in [1.54, 1.807) is 13.8 Å². The van der Waals surface area contributed by atoms with Gasteiger partial charge in [0.15, 0.2) is 0 Å². The highest BCUT2D eigenvalue weighted by molar-refractivity contribution is 7.54. The Labute approximate surface area is 59.7 Å². The SMILES string of the molecule is CCC(C)P(=O)(O)OCl. The molecule has 1 N–H and O–H groups in total. The first-order chi connectivity index (χ1) is 4.04. The fourth-order valence-electron chi connectivity index (χ4n) is 0.299. The molecule has 0 saturated heterocycles. The molecule has 9 heavy (non-hydrogen) atoms. The lowest BCUT2D eigenvalue weighted by Gasteiger charge is -2.11. The Morgan fingerprint density at radius 2 is 2.33 bits per heavy atom. The lowest BCUT2D eigenvalue weighted by atomic mass is 10.4. The van der Waals surface area contributed by atoms with E-state index in [9.17, 15) is 4.57 Å². The Balaban J connectivity index is 3.98. The molecule has 3 nitrogen and oxygen atoms in total. The van der Waals surface area contributed by atoms with Gasteiger partial charge in [-0.25, -0.2) is 0 Å². The van der Waals surface area contributed by atoms with Crippen LogP contribution in [0.25, 0.3) is 0 Å². The molecule has 0 fully saturated rings. The Morgan fingerprint density at radius 3 is 2.44 bits per heavy atom. The molecule has 56 valence electrons. The Hall–Kier alpha value is 0.440.